The first kappa shape index (κ1) is 20.1. The zero-order valence-electron chi connectivity index (χ0n) is 18.0. The van der Waals surface area contributed by atoms with Crippen molar-refractivity contribution in [3.05, 3.63) is 69.8 Å². The average molecular weight is 395 g/mol. The number of ether oxygens (including phenoxy) is 2. The Balaban J connectivity index is 1.90. The summed E-state index contributed by atoms with van der Waals surface area (Å²) in [5, 5.41) is 9.24. The molecular formula is C25H30O4. The molecule has 0 amide bonds. The maximum absolute atomic E-state index is 11.3. The highest BCUT2D eigenvalue weighted by molar-refractivity contribution is 5.87. The van der Waals surface area contributed by atoms with Crippen LogP contribution in [0.2, 0.25) is 0 Å². The van der Waals surface area contributed by atoms with Crippen LogP contribution in [0, 0.1) is 6.92 Å². The van der Waals surface area contributed by atoms with Crippen LogP contribution in [0.15, 0.2) is 36.4 Å². The fraction of sp³-hybridized carbons (Fsp3) is 0.480. The highest BCUT2D eigenvalue weighted by Gasteiger charge is 2.44. The predicted molar refractivity (Wildman–Crippen MR) is 113 cm³/mol. The van der Waals surface area contributed by atoms with Crippen molar-refractivity contribution < 1.29 is 19.4 Å². The Morgan fingerprint density at radius 2 is 1.38 bits per heavy atom. The molecule has 2 aliphatic rings. The Morgan fingerprint density at radius 1 is 0.862 bits per heavy atom. The van der Waals surface area contributed by atoms with E-state index >= 15 is 0 Å². The van der Waals surface area contributed by atoms with Crippen molar-refractivity contribution in [3.63, 3.8) is 0 Å². The zero-order valence-corrected chi connectivity index (χ0v) is 18.0. The number of carbonyl (C=O) groups is 1. The smallest absolute Gasteiger partial charge is 0.335 e. The van der Waals surface area contributed by atoms with Crippen LogP contribution >= 0.6 is 0 Å². The van der Waals surface area contributed by atoms with E-state index < -0.39 is 11.8 Å². The van der Waals surface area contributed by atoms with E-state index in [4.69, 9.17) is 9.47 Å². The fourth-order valence-corrected chi connectivity index (χ4v) is 4.80. The van der Waals surface area contributed by atoms with Crippen LogP contribution in [0.3, 0.4) is 0 Å². The molecule has 2 aromatic rings. The van der Waals surface area contributed by atoms with Crippen LogP contribution in [0.5, 0.6) is 0 Å². The number of aryl methyl sites for hydroxylation is 1. The predicted octanol–water partition coefficient (Wildman–Crippen LogP) is 5.29. The Bertz CT molecular complexity index is 948. The highest BCUT2D eigenvalue weighted by atomic mass is 16.7. The lowest BCUT2D eigenvalue weighted by atomic mass is 9.62. The molecule has 4 nitrogen and oxygen atoms in total. The van der Waals surface area contributed by atoms with E-state index in [1.807, 2.05) is 12.1 Å². The minimum absolute atomic E-state index is 0.0836. The molecular weight excluding hydrogens is 364 g/mol. The van der Waals surface area contributed by atoms with E-state index in [1.165, 1.54) is 17.5 Å². The first-order chi connectivity index (χ1) is 13.6. The van der Waals surface area contributed by atoms with E-state index in [-0.39, 0.29) is 16.4 Å². The molecule has 0 spiro atoms. The average Bonchev–Trinajstić information content (AvgIpc) is 3.16. The molecule has 1 heterocycles. The third-order valence-electron chi connectivity index (χ3n) is 6.76. The standard InChI is InChI=1S/C25H30O4/c1-16-14-20-21(24(4,5)11-10-23(20,2)3)15-19(16)25(28-12-13-29-25)18-8-6-17(7-9-18)22(26)27/h6-9,14-15H,10-13H2,1-5H3,(H,26,27). The molecule has 0 atom stereocenters. The maximum Gasteiger partial charge on any atom is 0.335 e. The summed E-state index contributed by atoms with van der Waals surface area (Å²) < 4.78 is 12.5. The summed E-state index contributed by atoms with van der Waals surface area (Å²) in [4.78, 5) is 11.3. The van der Waals surface area contributed by atoms with Gasteiger partial charge in [-0.1, -0.05) is 45.9 Å². The normalized spacial score (nSPS) is 21.6. The van der Waals surface area contributed by atoms with Gasteiger partial charge in [-0.15, -0.1) is 0 Å². The van der Waals surface area contributed by atoms with Crippen molar-refractivity contribution in [1.29, 1.82) is 0 Å². The monoisotopic (exact) mass is 394 g/mol. The van der Waals surface area contributed by atoms with Gasteiger partial charge in [-0.2, -0.15) is 0 Å². The van der Waals surface area contributed by atoms with Crippen molar-refractivity contribution in [1.82, 2.24) is 0 Å². The number of hydrogen-bond acceptors (Lipinski definition) is 3. The molecule has 1 aliphatic carbocycles. The molecule has 0 aromatic heterocycles. The molecule has 0 radical (unpaired) electrons. The quantitative estimate of drug-likeness (QED) is 0.768. The fourth-order valence-electron chi connectivity index (χ4n) is 4.80. The van der Waals surface area contributed by atoms with Crippen LogP contribution < -0.4 is 0 Å². The Morgan fingerprint density at radius 3 is 1.90 bits per heavy atom. The lowest BCUT2D eigenvalue weighted by Crippen LogP contribution is -2.36. The molecule has 0 saturated carbocycles. The van der Waals surface area contributed by atoms with E-state index in [9.17, 15) is 9.90 Å². The largest absolute Gasteiger partial charge is 0.478 e. The van der Waals surface area contributed by atoms with E-state index in [0.29, 0.717) is 13.2 Å². The van der Waals surface area contributed by atoms with E-state index in [1.54, 1.807) is 12.1 Å². The van der Waals surface area contributed by atoms with Gasteiger partial charge in [0.15, 0.2) is 0 Å². The molecule has 0 unspecified atom stereocenters. The molecule has 1 N–H and O–H groups in total. The van der Waals surface area contributed by atoms with Crippen LogP contribution in [-0.4, -0.2) is 24.3 Å². The summed E-state index contributed by atoms with van der Waals surface area (Å²) in [6.45, 7) is 12.4. The molecule has 4 rings (SSSR count). The summed E-state index contributed by atoms with van der Waals surface area (Å²) in [6, 6.07) is 11.4. The Hall–Kier alpha value is -2.17. The molecule has 0 bridgehead atoms. The Kier molecular flexibility index (Phi) is 4.63. The van der Waals surface area contributed by atoms with Gasteiger partial charge in [0.05, 0.1) is 18.8 Å². The second-order valence-corrected chi connectivity index (χ2v) is 9.68. The van der Waals surface area contributed by atoms with Crippen molar-refractivity contribution in [3.8, 4) is 0 Å². The summed E-state index contributed by atoms with van der Waals surface area (Å²) in [5.41, 5.74) is 6.23. The number of carboxylic acids is 1. The number of carboxylic acid groups (broad SMARTS) is 1. The van der Waals surface area contributed by atoms with Crippen molar-refractivity contribution >= 4 is 5.97 Å². The maximum atomic E-state index is 11.3. The minimum atomic E-state index is -0.992. The van der Waals surface area contributed by atoms with E-state index in [0.717, 1.165) is 23.1 Å². The molecule has 1 saturated heterocycles. The van der Waals surface area contributed by atoms with Gasteiger partial charge in [-0.3, -0.25) is 0 Å². The van der Waals surface area contributed by atoms with Gasteiger partial charge in [0.25, 0.3) is 0 Å². The molecule has 4 heteroatoms. The molecule has 1 fully saturated rings. The summed E-state index contributed by atoms with van der Waals surface area (Å²) >= 11 is 0. The van der Waals surface area contributed by atoms with Gasteiger partial charge < -0.3 is 14.6 Å². The van der Waals surface area contributed by atoms with Gasteiger partial charge in [0, 0.05) is 11.1 Å². The van der Waals surface area contributed by atoms with E-state index in [2.05, 4.69) is 46.8 Å². The van der Waals surface area contributed by atoms with Crippen molar-refractivity contribution in [2.24, 2.45) is 0 Å². The number of aromatic carboxylic acids is 1. The second kappa shape index (κ2) is 6.68. The first-order valence-corrected chi connectivity index (χ1v) is 10.3. The zero-order chi connectivity index (χ0) is 21.0. The summed E-state index contributed by atoms with van der Waals surface area (Å²) in [7, 11) is 0. The topological polar surface area (TPSA) is 55.8 Å². The van der Waals surface area contributed by atoms with Gasteiger partial charge in [-0.25, -0.2) is 4.79 Å². The molecule has 154 valence electrons. The third kappa shape index (κ3) is 3.19. The number of fused-ring (bicyclic) bond motifs is 1. The Labute approximate surface area is 172 Å². The number of benzene rings is 2. The second-order valence-electron chi connectivity index (χ2n) is 9.68. The van der Waals surface area contributed by atoms with Crippen molar-refractivity contribution in [2.75, 3.05) is 13.2 Å². The van der Waals surface area contributed by atoms with Crippen LogP contribution in [0.4, 0.5) is 0 Å². The van der Waals surface area contributed by atoms with Gasteiger partial charge in [-0.05, 0) is 65.5 Å². The SMILES string of the molecule is Cc1cc2c(cc1C1(c3ccc(C(=O)O)cc3)OCCO1)C(C)(C)CCC2(C)C. The number of hydrogen-bond donors (Lipinski definition) is 1. The van der Waals surface area contributed by atoms with Gasteiger partial charge in [0.2, 0.25) is 5.79 Å². The summed E-state index contributed by atoms with van der Waals surface area (Å²) in [6.07, 6.45) is 2.30. The van der Waals surface area contributed by atoms with Gasteiger partial charge in [0.1, 0.15) is 0 Å². The lowest BCUT2D eigenvalue weighted by molar-refractivity contribution is -0.130. The van der Waals surface area contributed by atoms with Crippen LogP contribution in [0.1, 0.15) is 78.7 Å². The minimum Gasteiger partial charge on any atom is -0.478 e. The highest BCUT2D eigenvalue weighted by Crippen LogP contribution is 2.49. The number of rotatable bonds is 3. The molecule has 2 aromatic carbocycles. The molecule has 29 heavy (non-hydrogen) atoms. The molecule has 1 aliphatic heterocycles. The van der Waals surface area contributed by atoms with Gasteiger partial charge >= 0.3 is 5.97 Å². The van der Waals surface area contributed by atoms with Crippen LogP contribution in [0.25, 0.3) is 0 Å². The lowest BCUT2D eigenvalue weighted by Gasteiger charge is -2.43. The summed E-state index contributed by atoms with van der Waals surface area (Å²) in [5.74, 6) is -1.93. The van der Waals surface area contributed by atoms with Crippen LogP contribution in [-0.2, 0) is 26.1 Å². The first-order valence-electron chi connectivity index (χ1n) is 10.3. The van der Waals surface area contributed by atoms with Crippen molar-refractivity contribution in [2.45, 2.75) is 64.1 Å². The third-order valence-corrected chi connectivity index (χ3v) is 6.76.